The number of ketones is 1. The maximum absolute atomic E-state index is 13.6. The summed E-state index contributed by atoms with van der Waals surface area (Å²) in [5, 5.41) is 1.30. The van der Waals surface area contributed by atoms with Gasteiger partial charge in [-0.05, 0) is 36.8 Å². The number of hydrogen-bond donors (Lipinski definition) is 1. The van der Waals surface area contributed by atoms with Crippen molar-refractivity contribution in [2.45, 2.75) is 6.92 Å². The third-order valence-corrected chi connectivity index (χ3v) is 3.56. The molecule has 0 aliphatic carbocycles. The summed E-state index contributed by atoms with van der Waals surface area (Å²) in [4.78, 5) is 15.5. The van der Waals surface area contributed by atoms with Crippen molar-refractivity contribution < 1.29 is 9.18 Å². The summed E-state index contributed by atoms with van der Waals surface area (Å²) in [5.74, 6) is -0.605. The molecule has 0 bridgehead atoms. The van der Waals surface area contributed by atoms with Gasteiger partial charge >= 0.3 is 0 Å². The number of aromatic nitrogens is 1. The summed E-state index contributed by atoms with van der Waals surface area (Å²) in [6.07, 6.45) is 1.63. The normalized spacial score (nSPS) is 10.9. The minimum atomic E-state index is -0.381. The number of carbonyl (C=O) groups is 1. The average Bonchev–Trinajstić information content (AvgIpc) is 2.84. The molecule has 0 radical (unpaired) electrons. The predicted octanol–water partition coefficient (Wildman–Crippen LogP) is 4.50. The molecular formula is C16H11ClFNO. The molecule has 0 fully saturated rings. The molecule has 1 N–H and O–H groups in total. The maximum Gasteiger partial charge on any atom is 0.195 e. The van der Waals surface area contributed by atoms with Crippen LogP contribution in [0.5, 0.6) is 0 Å². The minimum Gasteiger partial charge on any atom is -0.360 e. The Balaban J connectivity index is 2.12. The van der Waals surface area contributed by atoms with Crippen LogP contribution in [0.25, 0.3) is 10.9 Å². The van der Waals surface area contributed by atoms with E-state index in [1.165, 1.54) is 6.07 Å². The second kappa shape index (κ2) is 4.76. The van der Waals surface area contributed by atoms with Crippen molar-refractivity contribution in [1.29, 1.82) is 0 Å². The highest BCUT2D eigenvalue weighted by molar-refractivity contribution is 6.31. The largest absolute Gasteiger partial charge is 0.360 e. The van der Waals surface area contributed by atoms with Crippen LogP contribution in [-0.4, -0.2) is 10.8 Å². The lowest BCUT2D eigenvalue weighted by atomic mass is 10.0. The van der Waals surface area contributed by atoms with Crippen molar-refractivity contribution >= 4 is 28.3 Å². The molecule has 1 aromatic heterocycles. The Labute approximate surface area is 120 Å². The summed E-state index contributed by atoms with van der Waals surface area (Å²) >= 11 is 5.96. The summed E-state index contributed by atoms with van der Waals surface area (Å²) in [6, 6.07) is 9.78. The molecular weight excluding hydrogens is 277 g/mol. The summed E-state index contributed by atoms with van der Waals surface area (Å²) < 4.78 is 13.6. The lowest BCUT2D eigenvalue weighted by Gasteiger charge is -2.02. The number of aromatic amines is 1. The number of carbonyl (C=O) groups excluding carboxylic acids is 1. The molecule has 20 heavy (non-hydrogen) atoms. The molecule has 0 spiro atoms. The van der Waals surface area contributed by atoms with E-state index >= 15 is 0 Å². The number of fused-ring (bicyclic) bond motifs is 1. The number of benzene rings is 2. The quantitative estimate of drug-likeness (QED) is 0.692. The smallest absolute Gasteiger partial charge is 0.195 e. The van der Waals surface area contributed by atoms with Crippen LogP contribution in [0.3, 0.4) is 0 Å². The fraction of sp³-hybridized carbons (Fsp3) is 0.0625. The monoisotopic (exact) mass is 287 g/mol. The number of H-pyrrole nitrogens is 1. The number of rotatable bonds is 2. The summed E-state index contributed by atoms with van der Waals surface area (Å²) in [5.41, 5.74) is 2.16. The van der Waals surface area contributed by atoms with Crippen molar-refractivity contribution in [2.24, 2.45) is 0 Å². The van der Waals surface area contributed by atoms with Gasteiger partial charge in [-0.25, -0.2) is 4.39 Å². The number of aryl methyl sites for hydroxylation is 1. The van der Waals surface area contributed by atoms with E-state index in [9.17, 15) is 9.18 Å². The summed E-state index contributed by atoms with van der Waals surface area (Å²) in [7, 11) is 0. The van der Waals surface area contributed by atoms with Gasteiger partial charge in [0.1, 0.15) is 5.82 Å². The van der Waals surface area contributed by atoms with Crippen LogP contribution in [0.1, 0.15) is 21.5 Å². The topological polar surface area (TPSA) is 32.9 Å². The first-order valence-electron chi connectivity index (χ1n) is 6.14. The van der Waals surface area contributed by atoms with E-state index in [0.29, 0.717) is 21.7 Å². The third-order valence-electron chi connectivity index (χ3n) is 3.32. The zero-order valence-electron chi connectivity index (χ0n) is 10.7. The highest BCUT2D eigenvalue weighted by Gasteiger charge is 2.15. The van der Waals surface area contributed by atoms with Crippen LogP contribution < -0.4 is 0 Å². The van der Waals surface area contributed by atoms with E-state index in [-0.39, 0.29) is 11.6 Å². The Kier molecular flexibility index (Phi) is 3.07. The average molecular weight is 288 g/mol. The molecule has 2 aromatic carbocycles. The van der Waals surface area contributed by atoms with Gasteiger partial charge in [-0.2, -0.15) is 0 Å². The number of nitrogens with one attached hydrogen (secondary N) is 1. The highest BCUT2D eigenvalue weighted by Crippen LogP contribution is 2.25. The fourth-order valence-corrected chi connectivity index (χ4v) is 2.34. The SMILES string of the molecule is Cc1ccc(C(=O)c2c[nH]c3ccc(Cl)cc23)cc1F. The van der Waals surface area contributed by atoms with Gasteiger partial charge in [0.25, 0.3) is 0 Å². The van der Waals surface area contributed by atoms with Crippen molar-refractivity contribution in [1.82, 2.24) is 4.98 Å². The molecule has 2 nitrogen and oxygen atoms in total. The van der Waals surface area contributed by atoms with Crippen LogP contribution >= 0.6 is 11.6 Å². The first-order valence-corrected chi connectivity index (χ1v) is 6.51. The van der Waals surface area contributed by atoms with Crippen LogP contribution in [0.4, 0.5) is 4.39 Å². The van der Waals surface area contributed by atoms with E-state index in [0.717, 1.165) is 10.9 Å². The van der Waals surface area contributed by atoms with Gasteiger partial charge in [0.05, 0.1) is 0 Å². The van der Waals surface area contributed by atoms with Crippen LogP contribution in [-0.2, 0) is 0 Å². The van der Waals surface area contributed by atoms with Gasteiger partial charge in [0.2, 0.25) is 0 Å². The molecule has 0 unspecified atom stereocenters. The van der Waals surface area contributed by atoms with E-state index in [4.69, 9.17) is 11.6 Å². The van der Waals surface area contributed by atoms with E-state index in [1.807, 2.05) is 6.07 Å². The first kappa shape index (κ1) is 12.9. The molecule has 100 valence electrons. The Morgan fingerprint density at radius 3 is 2.75 bits per heavy atom. The fourth-order valence-electron chi connectivity index (χ4n) is 2.17. The number of hydrogen-bond acceptors (Lipinski definition) is 1. The van der Waals surface area contributed by atoms with Gasteiger partial charge < -0.3 is 4.98 Å². The molecule has 4 heteroatoms. The standard InChI is InChI=1S/C16H11ClFNO/c1-9-2-3-10(6-14(9)18)16(20)13-8-19-15-5-4-11(17)7-12(13)15/h2-8,19H,1H3. The second-order valence-electron chi connectivity index (χ2n) is 4.69. The van der Waals surface area contributed by atoms with Crippen molar-refractivity contribution in [3.63, 3.8) is 0 Å². The van der Waals surface area contributed by atoms with E-state index < -0.39 is 0 Å². The molecule has 0 atom stereocenters. The molecule has 3 aromatic rings. The zero-order chi connectivity index (χ0) is 14.3. The molecule has 1 heterocycles. The van der Waals surface area contributed by atoms with Crippen molar-refractivity contribution in [3.8, 4) is 0 Å². The van der Waals surface area contributed by atoms with E-state index in [1.54, 1.807) is 37.4 Å². The Morgan fingerprint density at radius 2 is 2.00 bits per heavy atom. The zero-order valence-corrected chi connectivity index (χ0v) is 11.5. The lowest BCUT2D eigenvalue weighted by Crippen LogP contribution is -2.01. The number of halogens is 2. The van der Waals surface area contributed by atoms with Gasteiger partial charge in [0, 0.05) is 33.2 Å². The van der Waals surface area contributed by atoms with E-state index in [2.05, 4.69) is 4.98 Å². The molecule has 0 saturated heterocycles. The van der Waals surface area contributed by atoms with Crippen molar-refractivity contribution in [3.05, 3.63) is 70.1 Å². The van der Waals surface area contributed by atoms with Gasteiger partial charge in [-0.15, -0.1) is 0 Å². The Bertz CT molecular complexity index is 822. The van der Waals surface area contributed by atoms with Gasteiger partial charge in [-0.1, -0.05) is 23.7 Å². The minimum absolute atomic E-state index is 0.225. The molecule has 0 amide bonds. The lowest BCUT2D eigenvalue weighted by molar-refractivity contribution is 0.104. The summed E-state index contributed by atoms with van der Waals surface area (Å²) in [6.45, 7) is 1.66. The van der Waals surface area contributed by atoms with Gasteiger partial charge in [0.15, 0.2) is 5.78 Å². The Hall–Kier alpha value is -2.13. The first-order chi connectivity index (χ1) is 9.56. The highest BCUT2D eigenvalue weighted by atomic mass is 35.5. The molecule has 3 rings (SSSR count). The van der Waals surface area contributed by atoms with Gasteiger partial charge in [-0.3, -0.25) is 4.79 Å². The Morgan fingerprint density at radius 1 is 1.20 bits per heavy atom. The molecule has 0 aliphatic heterocycles. The molecule has 0 saturated carbocycles. The third kappa shape index (κ3) is 2.10. The van der Waals surface area contributed by atoms with Crippen molar-refractivity contribution in [2.75, 3.05) is 0 Å². The predicted molar refractivity (Wildman–Crippen MR) is 77.9 cm³/mol. The van der Waals surface area contributed by atoms with Crippen LogP contribution in [0, 0.1) is 12.7 Å². The van der Waals surface area contributed by atoms with Crippen LogP contribution in [0.2, 0.25) is 5.02 Å². The molecule has 0 aliphatic rings. The van der Waals surface area contributed by atoms with Crippen LogP contribution in [0.15, 0.2) is 42.6 Å². The second-order valence-corrected chi connectivity index (χ2v) is 5.12. The maximum atomic E-state index is 13.6.